The second-order valence-electron chi connectivity index (χ2n) is 7.64. The van der Waals surface area contributed by atoms with E-state index in [1.54, 1.807) is 6.21 Å². The molecule has 1 fully saturated rings. The predicted octanol–water partition coefficient (Wildman–Crippen LogP) is 5.67. The minimum Gasteiger partial charge on any atom is -0.490 e. The van der Waals surface area contributed by atoms with E-state index in [1.165, 1.54) is 17.1 Å². The van der Waals surface area contributed by atoms with Crippen molar-refractivity contribution in [3.05, 3.63) is 89.5 Å². The highest BCUT2D eigenvalue weighted by molar-refractivity contribution is 8.19. The van der Waals surface area contributed by atoms with Crippen molar-refractivity contribution < 1.29 is 19.0 Å². The van der Waals surface area contributed by atoms with E-state index in [2.05, 4.69) is 22.7 Å². The molecule has 35 heavy (non-hydrogen) atoms. The van der Waals surface area contributed by atoms with E-state index >= 15 is 0 Å². The van der Waals surface area contributed by atoms with Gasteiger partial charge in [-0.25, -0.2) is 5.43 Å². The van der Waals surface area contributed by atoms with Crippen LogP contribution in [0.4, 0.5) is 0 Å². The molecule has 0 atom stereocenters. The maximum absolute atomic E-state index is 12.1. The number of carbonyl (C=O) groups is 1. The van der Waals surface area contributed by atoms with Crippen molar-refractivity contribution in [2.45, 2.75) is 18.1 Å². The van der Waals surface area contributed by atoms with Crippen LogP contribution in [0.15, 0.2) is 77.9 Å². The maximum atomic E-state index is 12.1. The smallest absolute Gasteiger partial charge is 0.277 e. The lowest BCUT2D eigenvalue weighted by Crippen LogP contribution is -2.24. The largest absolute Gasteiger partial charge is 0.490 e. The Morgan fingerprint density at radius 3 is 2.49 bits per heavy atom. The van der Waals surface area contributed by atoms with Crippen LogP contribution in [-0.4, -0.2) is 36.8 Å². The summed E-state index contributed by atoms with van der Waals surface area (Å²) in [5.74, 6) is 3.98. The average Bonchev–Trinajstić information content (AvgIpc) is 3.43. The van der Waals surface area contributed by atoms with Crippen molar-refractivity contribution in [2.24, 2.45) is 5.10 Å². The number of hydrazone groups is 1. The molecule has 8 heteroatoms. The summed E-state index contributed by atoms with van der Waals surface area (Å²) in [6.07, 6.45) is 1.56. The molecule has 1 aliphatic rings. The number of hydrogen-bond acceptors (Lipinski definition) is 7. The number of thioether (sulfide) groups is 2. The summed E-state index contributed by atoms with van der Waals surface area (Å²) in [6.45, 7) is 2.77. The zero-order chi connectivity index (χ0) is 24.3. The van der Waals surface area contributed by atoms with E-state index in [0.717, 1.165) is 11.1 Å². The molecule has 0 aliphatic carbocycles. The Morgan fingerprint density at radius 1 is 0.971 bits per heavy atom. The van der Waals surface area contributed by atoms with Crippen LogP contribution >= 0.6 is 23.5 Å². The van der Waals surface area contributed by atoms with Gasteiger partial charge in [0.05, 0.1) is 17.4 Å². The van der Waals surface area contributed by atoms with E-state index in [9.17, 15) is 4.79 Å². The average molecular weight is 509 g/mol. The van der Waals surface area contributed by atoms with Gasteiger partial charge in [0.15, 0.2) is 18.1 Å². The van der Waals surface area contributed by atoms with Crippen LogP contribution in [0.5, 0.6) is 17.2 Å². The van der Waals surface area contributed by atoms with Crippen LogP contribution in [0.2, 0.25) is 0 Å². The monoisotopic (exact) mass is 508 g/mol. The predicted molar refractivity (Wildman–Crippen MR) is 144 cm³/mol. The molecule has 0 bridgehead atoms. The molecule has 6 nitrogen and oxygen atoms in total. The molecular formula is C27H28N2O4S2. The van der Waals surface area contributed by atoms with Crippen molar-refractivity contribution >= 4 is 35.6 Å². The Balaban J connectivity index is 1.26. The van der Waals surface area contributed by atoms with Gasteiger partial charge in [0, 0.05) is 11.5 Å². The molecule has 0 spiro atoms. The minimum atomic E-state index is -0.333. The molecule has 1 amide bonds. The molecule has 0 saturated carbocycles. The fourth-order valence-electron chi connectivity index (χ4n) is 3.36. The van der Waals surface area contributed by atoms with Gasteiger partial charge in [-0.05, 0) is 53.9 Å². The van der Waals surface area contributed by atoms with Gasteiger partial charge in [-0.15, -0.1) is 23.5 Å². The normalized spacial score (nSPS) is 13.6. The fourth-order valence-corrected chi connectivity index (χ4v) is 6.22. The highest BCUT2D eigenvalue weighted by Gasteiger charge is 2.18. The molecule has 3 aromatic carbocycles. The number of ether oxygens (including phenoxy) is 3. The molecule has 1 N–H and O–H groups in total. The third-order valence-corrected chi connectivity index (χ3v) is 8.16. The van der Waals surface area contributed by atoms with Gasteiger partial charge in [-0.1, -0.05) is 42.5 Å². The summed E-state index contributed by atoms with van der Waals surface area (Å²) >= 11 is 3.92. The topological polar surface area (TPSA) is 69.2 Å². The molecule has 3 aromatic rings. The third-order valence-electron chi connectivity index (χ3n) is 5.05. The van der Waals surface area contributed by atoms with Gasteiger partial charge in [0.2, 0.25) is 0 Å². The molecule has 1 saturated heterocycles. The summed E-state index contributed by atoms with van der Waals surface area (Å²) < 4.78 is 17.7. The molecular weight excluding hydrogens is 480 g/mol. The second kappa shape index (κ2) is 13.1. The van der Waals surface area contributed by atoms with Gasteiger partial charge < -0.3 is 14.2 Å². The summed E-state index contributed by atoms with van der Waals surface area (Å²) in [4.78, 5) is 12.1. The Labute approximate surface area is 214 Å². The van der Waals surface area contributed by atoms with Crippen LogP contribution in [0.1, 0.15) is 28.2 Å². The SMILES string of the molecule is CCOc1cc(/C=N\NC(=O)COc2ccc(C3SCCS3)cc2)ccc1OCc1ccccc1. The Morgan fingerprint density at radius 2 is 1.74 bits per heavy atom. The zero-order valence-corrected chi connectivity index (χ0v) is 21.1. The van der Waals surface area contributed by atoms with Crippen LogP contribution in [-0.2, 0) is 11.4 Å². The first-order chi connectivity index (χ1) is 17.2. The molecule has 0 radical (unpaired) electrons. The zero-order valence-electron chi connectivity index (χ0n) is 19.5. The maximum Gasteiger partial charge on any atom is 0.277 e. The summed E-state index contributed by atoms with van der Waals surface area (Å²) in [5.41, 5.74) is 5.63. The number of nitrogens with one attached hydrogen (secondary N) is 1. The first-order valence-corrected chi connectivity index (χ1v) is 13.5. The lowest BCUT2D eigenvalue weighted by Gasteiger charge is -2.12. The Bertz CT molecular complexity index is 1120. The second-order valence-corrected chi connectivity index (χ2v) is 10.4. The summed E-state index contributed by atoms with van der Waals surface area (Å²) in [5, 5.41) is 4.04. The molecule has 0 aromatic heterocycles. The minimum absolute atomic E-state index is 0.111. The van der Waals surface area contributed by atoms with E-state index in [0.29, 0.717) is 35.0 Å². The van der Waals surface area contributed by atoms with E-state index in [4.69, 9.17) is 14.2 Å². The lowest BCUT2D eigenvalue weighted by molar-refractivity contribution is -0.123. The number of hydrogen-bond donors (Lipinski definition) is 1. The lowest BCUT2D eigenvalue weighted by atomic mass is 10.2. The van der Waals surface area contributed by atoms with E-state index in [-0.39, 0.29) is 12.5 Å². The quantitative estimate of drug-likeness (QED) is 0.266. The Kier molecular flexibility index (Phi) is 9.37. The summed E-state index contributed by atoms with van der Waals surface area (Å²) in [7, 11) is 0. The number of benzene rings is 3. The molecule has 4 rings (SSSR count). The van der Waals surface area contributed by atoms with Gasteiger partial charge >= 0.3 is 0 Å². The van der Waals surface area contributed by atoms with Gasteiger partial charge in [-0.3, -0.25) is 4.79 Å². The van der Waals surface area contributed by atoms with Crippen LogP contribution in [0, 0.1) is 0 Å². The van der Waals surface area contributed by atoms with E-state index < -0.39 is 0 Å². The van der Waals surface area contributed by atoms with Crippen LogP contribution in [0.3, 0.4) is 0 Å². The van der Waals surface area contributed by atoms with Gasteiger partial charge in [-0.2, -0.15) is 5.10 Å². The van der Waals surface area contributed by atoms with Crippen molar-refractivity contribution in [3.63, 3.8) is 0 Å². The fraction of sp³-hybridized carbons (Fsp3) is 0.259. The standard InChI is InChI=1S/C27H28N2O4S2/c1-2-31-25-16-21(8-13-24(25)33-18-20-6-4-3-5-7-20)17-28-29-26(30)19-32-23-11-9-22(10-12-23)27-34-14-15-35-27/h3-13,16-17,27H,2,14-15,18-19H2,1H3,(H,29,30)/b28-17-. The third kappa shape index (κ3) is 7.70. The Hall–Kier alpha value is -3.10. The van der Waals surface area contributed by atoms with Crippen molar-refractivity contribution in [1.82, 2.24) is 5.43 Å². The van der Waals surface area contributed by atoms with Gasteiger partial charge in [0.1, 0.15) is 12.4 Å². The molecule has 1 aliphatic heterocycles. The molecule has 182 valence electrons. The highest BCUT2D eigenvalue weighted by atomic mass is 32.2. The van der Waals surface area contributed by atoms with Gasteiger partial charge in [0.25, 0.3) is 5.91 Å². The first-order valence-electron chi connectivity index (χ1n) is 11.4. The van der Waals surface area contributed by atoms with Crippen molar-refractivity contribution in [3.8, 4) is 17.2 Å². The van der Waals surface area contributed by atoms with Crippen LogP contribution < -0.4 is 19.6 Å². The highest BCUT2D eigenvalue weighted by Crippen LogP contribution is 2.45. The van der Waals surface area contributed by atoms with Crippen molar-refractivity contribution in [1.29, 1.82) is 0 Å². The van der Waals surface area contributed by atoms with Crippen molar-refractivity contribution in [2.75, 3.05) is 24.7 Å². The molecule has 0 unspecified atom stereocenters. The van der Waals surface area contributed by atoms with Crippen LogP contribution in [0.25, 0.3) is 0 Å². The molecule has 1 heterocycles. The van der Waals surface area contributed by atoms with E-state index in [1.807, 2.05) is 91.1 Å². The number of amides is 1. The number of rotatable bonds is 11. The summed E-state index contributed by atoms with van der Waals surface area (Å²) in [6, 6.07) is 23.4. The number of nitrogens with zero attached hydrogens (tertiary/aromatic N) is 1. The number of carbonyl (C=O) groups excluding carboxylic acids is 1. The first kappa shape index (κ1) is 25.0.